The zero-order valence-electron chi connectivity index (χ0n) is 10.8. The third kappa shape index (κ3) is 2.18. The quantitative estimate of drug-likeness (QED) is 0.902. The van der Waals surface area contributed by atoms with Crippen molar-refractivity contribution < 1.29 is 4.39 Å². The molecule has 0 saturated heterocycles. The molecule has 0 atom stereocenters. The van der Waals surface area contributed by atoms with E-state index in [1.807, 2.05) is 20.0 Å². The van der Waals surface area contributed by atoms with Crippen LogP contribution in [0.2, 0.25) is 0 Å². The Hall–Kier alpha value is -1.97. The molecular weight excluding hydrogens is 229 g/mol. The van der Waals surface area contributed by atoms with Crippen LogP contribution in [-0.4, -0.2) is 17.0 Å². The summed E-state index contributed by atoms with van der Waals surface area (Å²) in [5.41, 5.74) is 3.22. The summed E-state index contributed by atoms with van der Waals surface area (Å²) in [6, 6.07) is 5.18. The second kappa shape index (κ2) is 5.12. The lowest BCUT2D eigenvalue weighted by Gasteiger charge is -2.11. The Labute approximate surface area is 106 Å². The number of aromatic nitrogens is 2. The van der Waals surface area contributed by atoms with Crippen LogP contribution in [0.1, 0.15) is 18.1 Å². The van der Waals surface area contributed by atoms with E-state index in [4.69, 9.17) is 0 Å². The molecule has 0 radical (unpaired) electrons. The number of anilines is 1. The fourth-order valence-corrected chi connectivity index (χ4v) is 1.95. The second-order valence-electron chi connectivity index (χ2n) is 4.12. The maximum Gasteiger partial charge on any atom is 0.132 e. The Morgan fingerprint density at radius 2 is 2.06 bits per heavy atom. The lowest BCUT2D eigenvalue weighted by Crippen LogP contribution is -2.02. The van der Waals surface area contributed by atoms with Gasteiger partial charge >= 0.3 is 0 Å². The number of aryl methyl sites for hydroxylation is 1. The SMILES string of the molecule is CCc1c(NC)ncnc1-c1ccc(C)c(F)c1. The third-order valence-corrected chi connectivity index (χ3v) is 2.98. The third-order valence-electron chi connectivity index (χ3n) is 2.98. The molecule has 0 spiro atoms. The van der Waals surface area contributed by atoms with Crippen LogP contribution >= 0.6 is 0 Å². The molecule has 0 aliphatic heterocycles. The van der Waals surface area contributed by atoms with Crippen LogP contribution in [0.15, 0.2) is 24.5 Å². The lowest BCUT2D eigenvalue weighted by atomic mass is 10.0. The van der Waals surface area contributed by atoms with Crippen molar-refractivity contribution in [1.29, 1.82) is 0 Å². The van der Waals surface area contributed by atoms with E-state index in [-0.39, 0.29) is 5.82 Å². The number of benzene rings is 1. The normalized spacial score (nSPS) is 10.4. The summed E-state index contributed by atoms with van der Waals surface area (Å²) in [5, 5.41) is 3.04. The predicted molar refractivity (Wildman–Crippen MR) is 71.1 cm³/mol. The van der Waals surface area contributed by atoms with Crippen molar-refractivity contribution in [2.75, 3.05) is 12.4 Å². The van der Waals surface area contributed by atoms with Gasteiger partial charge in [-0.15, -0.1) is 0 Å². The molecular formula is C14H16FN3. The minimum absolute atomic E-state index is 0.209. The first-order chi connectivity index (χ1) is 8.67. The van der Waals surface area contributed by atoms with Crippen molar-refractivity contribution in [2.45, 2.75) is 20.3 Å². The molecule has 0 amide bonds. The van der Waals surface area contributed by atoms with E-state index < -0.39 is 0 Å². The van der Waals surface area contributed by atoms with E-state index in [9.17, 15) is 4.39 Å². The average Bonchev–Trinajstić information content (AvgIpc) is 2.40. The second-order valence-corrected chi connectivity index (χ2v) is 4.12. The Balaban J connectivity index is 2.59. The van der Waals surface area contributed by atoms with E-state index in [0.29, 0.717) is 5.56 Å². The molecule has 3 nitrogen and oxygen atoms in total. The Morgan fingerprint density at radius 3 is 2.67 bits per heavy atom. The minimum Gasteiger partial charge on any atom is -0.373 e. The molecule has 94 valence electrons. The Morgan fingerprint density at radius 1 is 1.28 bits per heavy atom. The molecule has 4 heteroatoms. The fraction of sp³-hybridized carbons (Fsp3) is 0.286. The van der Waals surface area contributed by atoms with Gasteiger partial charge in [0.05, 0.1) is 5.69 Å². The molecule has 1 N–H and O–H groups in total. The van der Waals surface area contributed by atoms with Gasteiger partial charge in [0.2, 0.25) is 0 Å². The van der Waals surface area contributed by atoms with Gasteiger partial charge in [-0.2, -0.15) is 0 Å². The number of hydrogen-bond donors (Lipinski definition) is 1. The summed E-state index contributed by atoms with van der Waals surface area (Å²) in [4.78, 5) is 8.46. The zero-order chi connectivity index (χ0) is 13.1. The fourth-order valence-electron chi connectivity index (χ4n) is 1.95. The summed E-state index contributed by atoms with van der Waals surface area (Å²) >= 11 is 0. The molecule has 2 rings (SSSR count). The smallest absolute Gasteiger partial charge is 0.132 e. The molecule has 0 aliphatic rings. The van der Waals surface area contributed by atoms with Crippen LogP contribution in [0.5, 0.6) is 0 Å². The van der Waals surface area contributed by atoms with Crippen LogP contribution in [0.25, 0.3) is 11.3 Å². The van der Waals surface area contributed by atoms with Crippen LogP contribution in [0.3, 0.4) is 0 Å². The molecule has 0 bridgehead atoms. The monoisotopic (exact) mass is 245 g/mol. The first-order valence-electron chi connectivity index (χ1n) is 5.95. The van der Waals surface area contributed by atoms with Crippen molar-refractivity contribution in [3.63, 3.8) is 0 Å². The minimum atomic E-state index is -0.209. The van der Waals surface area contributed by atoms with Gasteiger partial charge < -0.3 is 5.32 Å². The van der Waals surface area contributed by atoms with Crippen molar-refractivity contribution in [3.8, 4) is 11.3 Å². The maximum atomic E-state index is 13.6. The first-order valence-corrected chi connectivity index (χ1v) is 5.95. The Kier molecular flexibility index (Phi) is 3.55. The molecule has 0 aliphatic carbocycles. The van der Waals surface area contributed by atoms with Gasteiger partial charge in [0.1, 0.15) is 18.0 Å². The zero-order valence-corrected chi connectivity index (χ0v) is 10.8. The van der Waals surface area contributed by atoms with Gasteiger partial charge in [0.15, 0.2) is 0 Å². The molecule has 0 unspecified atom stereocenters. The summed E-state index contributed by atoms with van der Waals surface area (Å²) in [5.74, 6) is 0.586. The molecule has 1 aromatic carbocycles. The maximum absolute atomic E-state index is 13.6. The summed E-state index contributed by atoms with van der Waals surface area (Å²) in [6.45, 7) is 3.78. The molecule has 1 aromatic heterocycles. The van der Waals surface area contributed by atoms with Gasteiger partial charge in [0, 0.05) is 18.2 Å². The molecule has 1 heterocycles. The predicted octanol–water partition coefficient (Wildman–Crippen LogP) is 3.20. The lowest BCUT2D eigenvalue weighted by molar-refractivity contribution is 0.619. The average molecular weight is 245 g/mol. The van der Waals surface area contributed by atoms with E-state index in [0.717, 1.165) is 29.1 Å². The standard InChI is InChI=1S/C14H16FN3/c1-4-11-13(17-8-18-14(11)16-3)10-6-5-9(2)12(15)7-10/h5-8H,4H2,1-3H3,(H,16,17,18). The Bertz CT molecular complexity index is 567. The van der Waals surface area contributed by atoms with Crippen molar-refractivity contribution in [1.82, 2.24) is 9.97 Å². The number of hydrogen-bond acceptors (Lipinski definition) is 3. The highest BCUT2D eigenvalue weighted by atomic mass is 19.1. The topological polar surface area (TPSA) is 37.8 Å². The van der Waals surface area contributed by atoms with Gasteiger partial charge in [-0.3, -0.25) is 0 Å². The largest absolute Gasteiger partial charge is 0.373 e. The number of nitrogens with one attached hydrogen (secondary N) is 1. The molecule has 18 heavy (non-hydrogen) atoms. The highest BCUT2D eigenvalue weighted by Crippen LogP contribution is 2.27. The number of rotatable bonds is 3. The molecule has 0 fully saturated rings. The van der Waals surface area contributed by atoms with Crippen molar-refractivity contribution in [3.05, 3.63) is 41.5 Å². The number of halogens is 1. The van der Waals surface area contributed by atoms with E-state index in [1.165, 1.54) is 12.4 Å². The highest BCUT2D eigenvalue weighted by Gasteiger charge is 2.11. The molecule has 0 saturated carbocycles. The molecule has 2 aromatic rings. The van der Waals surface area contributed by atoms with Crippen molar-refractivity contribution >= 4 is 5.82 Å². The van der Waals surface area contributed by atoms with Crippen LogP contribution in [-0.2, 0) is 6.42 Å². The highest BCUT2D eigenvalue weighted by molar-refractivity contribution is 5.68. The van der Waals surface area contributed by atoms with Crippen molar-refractivity contribution in [2.24, 2.45) is 0 Å². The van der Waals surface area contributed by atoms with E-state index >= 15 is 0 Å². The van der Waals surface area contributed by atoms with E-state index in [1.54, 1.807) is 13.0 Å². The summed E-state index contributed by atoms with van der Waals surface area (Å²) in [6.07, 6.45) is 2.29. The van der Waals surface area contributed by atoms with Gasteiger partial charge in [-0.1, -0.05) is 19.1 Å². The van der Waals surface area contributed by atoms with Gasteiger partial charge in [-0.25, -0.2) is 14.4 Å². The van der Waals surface area contributed by atoms with Gasteiger partial charge in [-0.05, 0) is 25.0 Å². The van der Waals surface area contributed by atoms with Crippen LogP contribution in [0, 0.1) is 12.7 Å². The first kappa shape index (κ1) is 12.5. The van der Waals surface area contributed by atoms with E-state index in [2.05, 4.69) is 15.3 Å². The number of nitrogens with zero attached hydrogens (tertiary/aromatic N) is 2. The van der Waals surface area contributed by atoms with Gasteiger partial charge in [0.25, 0.3) is 0 Å². The summed E-state index contributed by atoms with van der Waals surface area (Å²) < 4.78 is 13.6. The summed E-state index contributed by atoms with van der Waals surface area (Å²) in [7, 11) is 1.82. The van der Waals surface area contributed by atoms with Crippen LogP contribution in [0.4, 0.5) is 10.2 Å². The van der Waals surface area contributed by atoms with Crippen LogP contribution < -0.4 is 5.32 Å².